The highest BCUT2D eigenvalue weighted by molar-refractivity contribution is 5.54. The van der Waals surface area contributed by atoms with E-state index in [1.807, 2.05) is 0 Å². The highest BCUT2D eigenvalue weighted by atomic mass is 15.1. The monoisotopic (exact) mass is 234 g/mol. The number of hydrogen-bond donors (Lipinski definition) is 1. The van der Waals surface area contributed by atoms with Crippen LogP contribution in [0.3, 0.4) is 0 Å². The second-order valence-corrected chi connectivity index (χ2v) is 5.42. The maximum atomic E-state index is 5.90. The van der Waals surface area contributed by atoms with E-state index >= 15 is 0 Å². The van der Waals surface area contributed by atoms with E-state index in [1.54, 1.807) is 0 Å². The Labute approximate surface area is 106 Å². The van der Waals surface area contributed by atoms with Gasteiger partial charge in [-0.15, -0.1) is 0 Å². The molecule has 17 heavy (non-hydrogen) atoms. The van der Waals surface area contributed by atoms with Crippen molar-refractivity contribution in [3.63, 3.8) is 0 Å². The van der Waals surface area contributed by atoms with Crippen LogP contribution in [-0.4, -0.2) is 19.6 Å². The summed E-state index contributed by atoms with van der Waals surface area (Å²) >= 11 is 0. The van der Waals surface area contributed by atoms with Crippen LogP contribution in [0.2, 0.25) is 0 Å². The molecule has 0 aromatic heterocycles. The van der Waals surface area contributed by atoms with Gasteiger partial charge in [-0.25, -0.2) is 0 Å². The van der Waals surface area contributed by atoms with Gasteiger partial charge in [0.1, 0.15) is 0 Å². The molecule has 0 amide bonds. The lowest BCUT2D eigenvalue weighted by atomic mass is 10.0. The molecule has 0 spiro atoms. The molecule has 96 valence electrons. The number of nitrogens with two attached hydrogens (primary N) is 1. The van der Waals surface area contributed by atoms with Gasteiger partial charge in [0.15, 0.2) is 0 Å². The van der Waals surface area contributed by atoms with Crippen LogP contribution in [0.15, 0.2) is 18.2 Å². The van der Waals surface area contributed by atoms with Gasteiger partial charge in [-0.3, -0.25) is 0 Å². The largest absolute Gasteiger partial charge is 0.370 e. The Hall–Kier alpha value is -1.02. The minimum Gasteiger partial charge on any atom is -0.370 e. The van der Waals surface area contributed by atoms with E-state index in [2.05, 4.69) is 57.8 Å². The summed E-state index contributed by atoms with van der Waals surface area (Å²) in [5.41, 5.74) is 9.84. The van der Waals surface area contributed by atoms with E-state index < -0.39 is 0 Å². The lowest BCUT2D eigenvalue weighted by molar-refractivity contribution is 0.484. The second-order valence-electron chi connectivity index (χ2n) is 5.42. The maximum Gasteiger partial charge on any atom is 0.0411 e. The molecular weight excluding hydrogens is 208 g/mol. The summed E-state index contributed by atoms with van der Waals surface area (Å²) in [5, 5.41) is 0. The fourth-order valence-electron chi connectivity index (χ4n) is 2.35. The van der Waals surface area contributed by atoms with Crippen LogP contribution in [0.25, 0.3) is 0 Å². The van der Waals surface area contributed by atoms with Gasteiger partial charge < -0.3 is 10.6 Å². The summed E-state index contributed by atoms with van der Waals surface area (Å²) in [5.74, 6) is 0.678. The normalized spacial score (nSPS) is 12.9. The predicted molar refractivity (Wildman–Crippen MR) is 76.6 cm³/mol. The topological polar surface area (TPSA) is 29.3 Å². The Balaban J connectivity index is 2.89. The maximum absolute atomic E-state index is 5.90. The van der Waals surface area contributed by atoms with Crippen molar-refractivity contribution in [1.29, 1.82) is 0 Å². The molecule has 1 atom stereocenters. The van der Waals surface area contributed by atoms with E-state index in [0.29, 0.717) is 18.5 Å². The third-order valence-electron chi connectivity index (χ3n) is 3.30. The summed E-state index contributed by atoms with van der Waals surface area (Å²) in [6.45, 7) is 9.51. The first-order valence-corrected chi connectivity index (χ1v) is 6.45. The molecule has 0 aliphatic rings. The zero-order chi connectivity index (χ0) is 13.0. The molecule has 0 saturated heterocycles. The molecule has 1 aromatic carbocycles. The molecule has 1 rings (SSSR count). The third kappa shape index (κ3) is 3.74. The molecule has 0 aliphatic heterocycles. The minimum atomic E-state index is 0.427. The van der Waals surface area contributed by atoms with Crippen molar-refractivity contribution in [2.45, 2.75) is 40.2 Å². The molecular formula is C15H26N2. The Kier molecular flexibility index (Phi) is 5.01. The summed E-state index contributed by atoms with van der Waals surface area (Å²) in [6.07, 6.45) is 1.14. The van der Waals surface area contributed by atoms with Gasteiger partial charge in [0.2, 0.25) is 0 Å². The molecule has 2 N–H and O–H groups in total. The van der Waals surface area contributed by atoms with Crippen molar-refractivity contribution in [3.05, 3.63) is 29.3 Å². The van der Waals surface area contributed by atoms with E-state index in [1.165, 1.54) is 16.8 Å². The smallest absolute Gasteiger partial charge is 0.0411 e. The van der Waals surface area contributed by atoms with Crippen molar-refractivity contribution in [2.75, 3.05) is 18.5 Å². The number of nitrogens with zero attached hydrogens (tertiary/aromatic N) is 1. The van der Waals surface area contributed by atoms with Gasteiger partial charge in [0, 0.05) is 25.3 Å². The Bertz CT molecular complexity index is 358. The van der Waals surface area contributed by atoms with Crippen LogP contribution in [0, 0.1) is 19.8 Å². The molecule has 0 radical (unpaired) electrons. The van der Waals surface area contributed by atoms with Crippen molar-refractivity contribution in [3.8, 4) is 0 Å². The average molecular weight is 234 g/mol. The SMILES string of the molecule is Cc1ccc(N(C)C(CN)CC(C)C)c(C)c1. The zero-order valence-electron chi connectivity index (χ0n) is 11.8. The van der Waals surface area contributed by atoms with Crippen LogP contribution < -0.4 is 10.6 Å². The second kappa shape index (κ2) is 6.06. The highest BCUT2D eigenvalue weighted by Gasteiger charge is 2.16. The summed E-state index contributed by atoms with van der Waals surface area (Å²) in [7, 11) is 2.15. The van der Waals surface area contributed by atoms with Crippen molar-refractivity contribution < 1.29 is 0 Å². The standard InChI is InChI=1S/C15H26N2/c1-11(2)8-14(10-16)17(5)15-7-6-12(3)9-13(15)4/h6-7,9,11,14H,8,10,16H2,1-5H3. The summed E-state index contributed by atoms with van der Waals surface area (Å²) in [6, 6.07) is 7.03. The van der Waals surface area contributed by atoms with Crippen LogP contribution in [0.4, 0.5) is 5.69 Å². The van der Waals surface area contributed by atoms with E-state index in [-0.39, 0.29) is 0 Å². The van der Waals surface area contributed by atoms with Gasteiger partial charge in [0.05, 0.1) is 0 Å². The highest BCUT2D eigenvalue weighted by Crippen LogP contribution is 2.23. The summed E-state index contributed by atoms with van der Waals surface area (Å²) in [4.78, 5) is 2.33. The van der Waals surface area contributed by atoms with Crippen LogP contribution in [-0.2, 0) is 0 Å². The van der Waals surface area contributed by atoms with Gasteiger partial charge in [0.25, 0.3) is 0 Å². The van der Waals surface area contributed by atoms with Gasteiger partial charge in [-0.1, -0.05) is 31.5 Å². The van der Waals surface area contributed by atoms with Crippen LogP contribution >= 0.6 is 0 Å². The fraction of sp³-hybridized carbons (Fsp3) is 0.600. The number of rotatable bonds is 5. The predicted octanol–water partition coefficient (Wildman–Crippen LogP) is 3.11. The van der Waals surface area contributed by atoms with Gasteiger partial charge >= 0.3 is 0 Å². The fourth-order valence-corrected chi connectivity index (χ4v) is 2.35. The first-order valence-electron chi connectivity index (χ1n) is 6.45. The third-order valence-corrected chi connectivity index (χ3v) is 3.30. The number of hydrogen-bond acceptors (Lipinski definition) is 2. The zero-order valence-corrected chi connectivity index (χ0v) is 11.8. The first kappa shape index (κ1) is 14.0. The average Bonchev–Trinajstić information content (AvgIpc) is 2.24. The Morgan fingerprint density at radius 2 is 1.88 bits per heavy atom. The molecule has 0 aliphatic carbocycles. The minimum absolute atomic E-state index is 0.427. The number of anilines is 1. The number of likely N-dealkylation sites (N-methyl/N-ethyl adjacent to an activating group) is 1. The first-order chi connectivity index (χ1) is 7.95. The lowest BCUT2D eigenvalue weighted by Gasteiger charge is -2.31. The molecule has 0 heterocycles. The van der Waals surface area contributed by atoms with Crippen LogP contribution in [0.1, 0.15) is 31.4 Å². The van der Waals surface area contributed by atoms with Crippen molar-refractivity contribution in [2.24, 2.45) is 11.7 Å². The Morgan fingerprint density at radius 3 is 2.35 bits per heavy atom. The van der Waals surface area contributed by atoms with E-state index in [4.69, 9.17) is 5.73 Å². The van der Waals surface area contributed by atoms with Crippen molar-refractivity contribution in [1.82, 2.24) is 0 Å². The quantitative estimate of drug-likeness (QED) is 0.848. The van der Waals surface area contributed by atoms with E-state index in [0.717, 1.165) is 6.42 Å². The lowest BCUT2D eigenvalue weighted by Crippen LogP contribution is -2.39. The molecule has 0 saturated carbocycles. The molecule has 1 aromatic rings. The van der Waals surface area contributed by atoms with Crippen molar-refractivity contribution >= 4 is 5.69 Å². The molecule has 2 nitrogen and oxygen atoms in total. The van der Waals surface area contributed by atoms with E-state index in [9.17, 15) is 0 Å². The number of benzene rings is 1. The number of aryl methyl sites for hydroxylation is 2. The molecule has 2 heteroatoms. The molecule has 1 unspecified atom stereocenters. The summed E-state index contributed by atoms with van der Waals surface area (Å²) < 4.78 is 0. The molecule has 0 fully saturated rings. The Morgan fingerprint density at radius 1 is 1.24 bits per heavy atom. The molecule has 0 bridgehead atoms. The van der Waals surface area contributed by atoms with Crippen LogP contribution in [0.5, 0.6) is 0 Å². The van der Waals surface area contributed by atoms with Gasteiger partial charge in [-0.05, 0) is 37.8 Å². The van der Waals surface area contributed by atoms with Gasteiger partial charge in [-0.2, -0.15) is 0 Å².